The molecule has 4 rings (SSSR count). The molecule has 0 saturated heterocycles. The molecule has 222 valence electrons. The maximum atomic E-state index is 11.8. The number of carbonyl (C=O) groups excluding carboxylic acids is 1. The molecule has 0 saturated carbocycles. The number of nitro benzene ring substituents is 1. The molecule has 0 spiro atoms. The second-order valence-corrected chi connectivity index (χ2v) is 10.3. The highest BCUT2D eigenvalue weighted by molar-refractivity contribution is 6.18. The summed E-state index contributed by atoms with van der Waals surface area (Å²) in [5, 5.41) is 17.6. The van der Waals surface area contributed by atoms with Crippen LogP contribution in [0.5, 0.6) is 11.5 Å². The van der Waals surface area contributed by atoms with Crippen molar-refractivity contribution in [2.75, 3.05) is 13.2 Å². The highest BCUT2D eigenvalue weighted by Crippen LogP contribution is 2.35. The monoisotopic (exact) mass is 573 g/mol. The Bertz CT molecular complexity index is 1610. The van der Waals surface area contributed by atoms with Crippen LogP contribution in [0.3, 0.4) is 0 Å². The Kier molecular flexibility index (Phi) is 10.2. The quantitative estimate of drug-likeness (QED) is 0.0654. The summed E-state index contributed by atoms with van der Waals surface area (Å²) in [6, 6.07) is 16.4. The summed E-state index contributed by atoms with van der Waals surface area (Å²) in [7, 11) is 0. The van der Waals surface area contributed by atoms with Gasteiger partial charge in [0.1, 0.15) is 17.2 Å². The maximum Gasteiger partial charge on any atom is 0.332 e. The Morgan fingerprint density at radius 3 is 2.31 bits per heavy atom. The lowest BCUT2D eigenvalue weighted by molar-refractivity contribution is -0.384. The fourth-order valence-electron chi connectivity index (χ4n) is 5.32. The van der Waals surface area contributed by atoms with E-state index in [1.165, 1.54) is 6.92 Å². The van der Waals surface area contributed by atoms with Crippen LogP contribution in [0.2, 0.25) is 0 Å². The minimum absolute atomic E-state index is 0.0314. The summed E-state index contributed by atoms with van der Waals surface area (Å²) < 4.78 is 13.9. The van der Waals surface area contributed by atoms with Crippen molar-refractivity contribution in [3.8, 4) is 11.5 Å². The van der Waals surface area contributed by atoms with Crippen molar-refractivity contribution in [3.63, 3.8) is 0 Å². The number of hydrogen-bond acceptors (Lipinski definition) is 7. The minimum atomic E-state index is -0.553. The van der Waals surface area contributed by atoms with Crippen LogP contribution >= 0.6 is 0 Å². The van der Waals surface area contributed by atoms with Gasteiger partial charge in [0.15, 0.2) is 0 Å². The van der Waals surface area contributed by atoms with E-state index in [-0.39, 0.29) is 10.6 Å². The fourth-order valence-corrected chi connectivity index (χ4v) is 5.32. The summed E-state index contributed by atoms with van der Waals surface area (Å²) in [4.78, 5) is 28.3. The summed E-state index contributed by atoms with van der Waals surface area (Å²) in [6.07, 6.45) is 4.46. The zero-order valence-corrected chi connectivity index (χ0v) is 25.0. The molecule has 0 bridgehead atoms. The number of hydrogen-bond donors (Lipinski definition) is 0. The molecule has 4 aromatic rings. The second-order valence-electron chi connectivity index (χ2n) is 10.3. The Labute approximate surface area is 246 Å². The second kappa shape index (κ2) is 14.0. The topological polar surface area (TPSA) is 105 Å². The van der Waals surface area contributed by atoms with Crippen LogP contribution in [0, 0.1) is 16.0 Å². The van der Waals surface area contributed by atoms with Gasteiger partial charge in [0.25, 0.3) is 5.69 Å². The smallest absolute Gasteiger partial charge is 0.332 e. The van der Waals surface area contributed by atoms with Gasteiger partial charge in [-0.25, -0.2) is 4.79 Å². The van der Waals surface area contributed by atoms with Gasteiger partial charge in [0, 0.05) is 64.6 Å². The van der Waals surface area contributed by atoms with Crippen LogP contribution in [0.4, 0.5) is 5.69 Å². The van der Waals surface area contributed by atoms with E-state index in [0.29, 0.717) is 47.5 Å². The van der Waals surface area contributed by atoms with Gasteiger partial charge in [-0.3, -0.25) is 10.1 Å². The first-order valence-electron chi connectivity index (χ1n) is 14.7. The predicted octanol–water partition coefficient (Wildman–Crippen LogP) is 8.03. The first kappa shape index (κ1) is 30.6. The molecule has 42 heavy (non-hydrogen) atoms. The van der Waals surface area contributed by atoms with E-state index in [4.69, 9.17) is 14.3 Å². The van der Waals surface area contributed by atoms with Crippen molar-refractivity contribution >= 4 is 39.2 Å². The predicted molar refractivity (Wildman–Crippen MR) is 166 cm³/mol. The number of oxime groups is 1. The Morgan fingerprint density at radius 1 is 0.952 bits per heavy atom. The molecular formula is C33H39N3O6. The van der Waals surface area contributed by atoms with Crippen molar-refractivity contribution in [1.29, 1.82) is 0 Å². The molecular weight excluding hydrogens is 534 g/mol. The maximum absolute atomic E-state index is 11.8. The molecule has 0 fully saturated rings. The van der Waals surface area contributed by atoms with Gasteiger partial charge in [-0.1, -0.05) is 44.3 Å². The van der Waals surface area contributed by atoms with Crippen molar-refractivity contribution in [2.24, 2.45) is 11.1 Å². The number of benzene rings is 3. The Hall–Kier alpha value is -4.40. The number of carbonyl (C=O) groups is 1. The molecule has 1 aromatic heterocycles. The molecule has 3 aromatic carbocycles. The van der Waals surface area contributed by atoms with E-state index >= 15 is 0 Å². The number of fused-ring (bicyclic) bond motifs is 3. The molecule has 1 heterocycles. The van der Waals surface area contributed by atoms with Gasteiger partial charge in [-0.05, 0) is 56.5 Å². The number of ether oxygens (including phenoxy) is 2. The lowest BCUT2D eigenvalue weighted by Gasteiger charge is -2.17. The van der Waals surface area contributed by atoms with Crippen LogP contribution in [0.25, 0.3) is 21.8 Å². The summed E-state index contributed by atoms with van der Waals surface area (Å²) in [5.41, 5.74) is 3.66. The van der Waals surface area contributed by atoms with Gasteiger partial charge in [-0.15, -0.1) is 0 Å². The molecule has 0 amide bonds. The minimum Gasteiger partial charge on any atom is -0.494 e. The summed E-state index contributed by atoms with van der Waals surface area (Å²) in [6.45, 7) is 11.2. The molecule has 1 unspecified atom stereocenters. The first-order chi connectivity index (χ1) is 20.3. The lowest BCUT2D eigenvalue weighted by atomic mass is 9.98. The van der Waals surface area contributed by atoms with Gasteiger partial charge < -0.3 is 18.9 Å². The van der Waals surface area contributed by atoms with Crippen molar-refractivity contribution < 1.29 is 24.0 Å². The van der Waals surface area contributed by atoms with E-state index in [2.05, 4.69) is 23.6 Å². The molecule has 0 aliphatic heterocycles. The zero-order valence-electron chi connectivity index (χ0n) is 25.0. The Balaban J connectivity index is 1.94. The van der Waals surface area contributed by atoms with E-state index in [1.807, 2.05) is 50.2 Å². The molecule has 0 aliphatic carbocycles. The van der Waals surface area contributed by atoms with E-state index in [9.17, 15) is 14.9 Å². The third-order valence-corrected chi connectivity index (χ3v) is 7.40. The van der Waals surface area contributed by atoms with Gasteiger partial charge in [0.05, 0.1) is 18.1 Å². The highest BCUT2D eigenvalue weighted by atomic mass is 16.7. The van der Waals surface area contributed by atoms with Crippen LogP contribution in [0.1, 0.15) is 71.4 Å². The standard InChI is InChI=1S/C33H39N3O6/c1-6-10-11-23(7-2)21-35-30-16-12-24(18-28(30)29-19-25(36(38)39)13-17-31(29)35)33(34-42-22(5)37)27-15-14-26(40-8-3)20-32(27)41-9-4/h12-20,23H,6-11,21H2,1-5H3/b34-33-. The number of nitrogens with zero attached hydrogens (tertiary/aromatic N) is 3. The average Bonchev–Trinajstić information content (AvgIpc) is 3.28. The number of rotatable bonds is 14. The van der Waals surface area contributed by atoms with Crippen LogP contribution in [-0.2, 0) is 16.2 Å². The third-order valence-electron chi connectivity index (χ3n) is 7.40. The zero-order chi connectivity index (χ0) is 30.2. The van der Waals surface area contributed by atoms with Gasteiger partial charge >= 0.3 is 5.97 Å². The molecule has 0 radical (unpaired) electrons. The normalized spacial score (nSPS) is 12.5. The van der Waals surface area contributed by atoms with Crippen LogP contribution < -0.4 is 9.47 Å². The largest absolute Gasteiger partial charge is 0.494 e. The number of nitro groups is 1. The van der Waals surface area contributed by atoms with Gasteiger partial charge in [0.2, 0.25) is 0 Å². The van der Waals surface area contributed by atoms with Crippen molar-refractivity contribution in [3.05, 3.63) is 75.8 Å². The van der Waals surface area contributed by atoms with Crippen LogP contribution in [-0.4, -0.2) is 34.4 Å². The van der Waals surface area contributed by atoms with Crippen molar-refractivity contribution in [1.82, 2.24) is 4.57 Å². The first-order valence-corrected chi connectivity index (χ1v) is 14.7. The molecule has 0 aliphatic rings. The molecule has 9 heteroatoms. The SMILES string of the molecule is CCCCC(CC)Cn1c2ccc(/C(=N/OC(C)=O)c3ccc(OCC)cc3OCC)cc2c2cc([N+](=O)[O-])ccc21. The highest BCUT2D eigenvalue weighted by Gasteiger charge is 2.21. The number of non-ortho nitro benzene ring substituents is 1. The van der Waals surface area contributed by atoms with E-state index in [1.54, 1.807) is 18.2 Å². The molecule has 1 atom stereocenters. The number of unbranched alkanes of at least 4 members (excludes halogenated alkanes) is 1. The van der Waals surface area contributed by atoms with E-state index < -0.39 is 5.97 Å². The molecule has 9 nitrogen and oxygen atoms in total. The fraction of sp³-hybridized carbons (Fsp3) is 0.394. The van der Waals surface area contributed by atoms with Gasteiger partial charge in [-0.2, -0.15) is 0 Å². The Morgan fingerprint density at radius 2 is 1.67 bits per heavy atom. The van der Waals surface area contributed by atoms with Crippen LogP contribution in [0.15, 0.2) is 59.8 Å². The third kappa shape index (κ3) is 6.73. The lowest BCUT2D eigenvalue weighted by Crippen LogP contribution is -2.11. The summed E-state index contributed by atoms with van der Waals surface area (Å²) in [5.74, 6) is 1.12. The average molecular weight is 574 g/mol. The van der Waals surface area contributed by atoms with Crippen molar-refractivity contribution in [2.45, 2.75) is 66.8 Å². The van der Waals surface area contributed by atoms with E-state index in [0.717, 1.165) is 54.0 Å². The molecule has 0 N–H and O–H groups in total. The number of aromatic nitrogens is 1. The summed E-state index contributed by atoms with van der Waals surface area (Å²) >= 11 is 0.